The minimum absolute atomic E-state index is 0.0446. The summed E-state index contributed by atoms with van der Waals surface area (Å²) >= 11 is 0. The number of carbonyl (C=O) groups is 2. The zero-order chi connectivity index (χ0) is 27.1. The normalized spacial score (nSPS) is 23.2. The maximum absolute atomic E-state index is 14.0. The van der Waals surface area contributed by atoms with Crippen LogP contribution in [0.3, 0.4) is 0 Å². The summed E-state index contributed by atoms with van der Waals surface area (Å²) in [6.07, 6.45) is 4.89. The number of piperidine rings is 1. The van der Waals surface area contributed by atoms with Crippen LogP contribution in [0.4, 0.5) is 4.79 Å². The highest BCUT2D eigenvalue weighted by Crippen LogP contribution is 2.60. The summed E-state index contributed by atoms with van der Waals surface area (Å²) < 4.78 is 35.7. The van der Waals surface area contributed by atoms with Crippen LogP contribution < -0.4 is 0 Å². The summed E-state index contributed by atoms with van der Waals surface area (Å²) in [5.41, 5.74) is 0.201. The van der Waals surface area contributed by atoms with Crippen LogP contribution in [0.5, 0.6) is 0 Å². The van der Waals surface area contributed by atoms with Crippen molar-refractivity contribution in [2.75, 3.05) is 21.3 Å². The molecule has 36 heavy (non-hydrogen) atoms. The summed E-state index contributed by atoms with van der Waals surface area (Å²) in [6, 6.07) is 8.88. The van der Waals surface area contributed by atoms with Gasteiger partial charge in [0.25, 0.3) is 0 Å². The van der Waals surface area contributed by atoms with Crippen molar-refractivity contribution >= 4 is 25.7 Å². The molecule has 0 bridgehead atoms. The van der Waals surface area contributed by atoms with Gasteiger partial charge in [-0.25, -0.2) is 9.59 Å². The third-order valence-electron chi connectivity index (χ3n) is 6.34. The molecule has 0 unspecified atom stereocenters. The van der Waals surface area contributed by atoms with E-state index in [1.807, 2.05) is 42.5 Å². The maximum atomic E-state index is 14.0. The molecule has 1 aromatic rings. The van der Waals surface area contributed by atoms with Crippen molar-refractivity contribution in [1.82, 2.24) is 4.90 Å². The van der Waals surface area contributed by atoms with Crippen LogP contribution in [0.2, 0.25) is 0 Å². The Morgan fingerprint density at radius 3 is 2.22 bits per heavy atom. The number of hydrogen-bond donors (Lipinski definition) is 0. The first-order valence-electron chi connectivity index (χ1n) is 12.4. The second kappa shape index (κ2) is 12.9. The van der Waals surface area contributed by atoms with Gasteiger partial charge in [0, 0.05) is 14.2 Å². The number of methoxy groups -OCH3 is 1. The lowest BCUT2D eigenvalue weighted by molar-refractivity contribution is -0.151. The zero-order valence-corrected chi connectivity index (χ0v) is 23.7. The molecule has 4 atom stereocenters. The number of esters is 1. The predicted molar refractivity (Wildman–Crippen MR) is 140 cm³/mol. The summed E-state index contributed by atoms with van der Waals surface area (Å²) in [5, 5.41) is 0. The Morgan fingerprint density at radius 1 is 1.11 bits per heavy atom. The Bertz CT molecular complexity index is 933. The molecule has 9 heteroatoms. The molecule has 1 aliphatic heterocycles. The second-order valence-corrected chi connectivity index (χ2v) is 12.9. The van der Waals surface area contributed by atoms with Crippen LogP contribution in [0, 0.1) is 17.8 Å². The Hall–Kier alpha value is -2.15. The van der Waals surface area contributed by atoms with Crippen LogP contribution in [0.25, 0.3) is 6.08 Å². The van der Waals surface area contributed by atoms with Crippen LogP contribution in [-0.4, -0.2) is 55.7 Å². The van der Waals surface area contributed by atoms with Gasteiger partial charge in [-0.15, -0.1) is 0 Å². The van der Waals surface area contributed by atoms with E-state index in [2.05, 4.69) is 13.8 Å². The fourth-order valence-corrected chi connectivity index (χ4v) is 6.87. The van der Waals surface area contributed by atoms with Crippen molar-refractivity contribution < 1.29 is 32.7 Å². The molecule has 1 fully saturated rings. The number of rotatable bonds is 9. The van der Waals surface area contributed by atoms with Crippen LogP contribution >= 0.6 is 7.60 Å². The number of hydrogen-bond acceptors (Lipinski definition) is 7. The standard InChI is InChI=1S/C27H42NO7P/c1-19(2)17-21-18-23(25(29)32-6)28(26(30)35-27(3,4)5)24(36(31,33-7)34-8)22(21)16-12-15-20-13-10-9-11-14-20/h9-15,19,21-24H,16-18H2,1-8H3/b15-12+/t21-,22+,23+,24-/m0/s1. The van der Waals surface area contributed by atoms with E-state index >= 15 is 0 Å². The molecule has 1 amide bonds. The molecular weight excluding hydrogens is 481 g/mol. The third-order valence-corrected chi connectivity index (χ3v) is 8.64. The molecule has 0 saturated carbocycles. The maximum Gasteiger partial charge on any atom is 0.411 e. The van der Waals surface area contributed by atoms with Crippen molar-refractivity contribution in [2.24, 2.45) is 17.8 Å². The van der Waals surface area contributed by atoms with Gasteiger partial charge in [-0.2, -0.15) is 0 Å². The van der Waals surface area contributed by atoms with Gasteiger partial charge in [-0.05, 0) is 63.4 Å². The van der Waals surface area contributed by atoms with E-state index < -0.39 is 37.1 Å². The van der Waals surface area contributed by atoms with Gasteiger partial charge in [0.1, 0.15) is 17.4 Å². The summed E-state index contributed by atoms with van der Waals surface area (Å²) in [4.78, 5) is 27.8. The predicted octanol–water partition coefficient (Wildman–Crippen LogP) is 6.36. The highest BCUT2D eigenvalue weighted by molar-refractivity contribution is 7.54. The number of carbonyl (C=O) groups excluding carboxylic acids is 2. The van der Waals surface area contributed by atoms with Crippen molar-refractivity contribution in [3.05, 3.63) is 42.0 Å². The SMILES string of the molecule is COC(=O)[C@H]1C[C@H](CC(C)C)[C@@H](C/C=C/c2ccccc2)[C@H](P(=O)(OC)OC)N1C(=O)OC(C)(C)C. The van der Waals surface area contributed by atoms with Crippen molar-refractivity contribution in [2.45, 2.75) is 71.3 Å². The summed E-state index contributed by atoms with van der Waals surface area (Å²) in [7, 11) is -0.00604. The van der Waals surface area contributed by atoms with Gasteiger partial charge < -0.3 is 18.5 Å². The Labute approximate surface area is 215 Å². The fraction of sp³-hybridized carbons (Fsp3) is 0.630. The number of benzene rings is 1. The lowest BCUT2D eigenvalue weighted by Gasteiger charge is -2.49. The second-order valence-electron chi connectivity index (χ2n) is 10.6. The average molecular weight is 524 g/mol. The highest BCUT2D eigenvalue weighted by Gasteiger charge is 2.56. The van der Waals surface area contributed by atoms with E-state index in [1.165, 1.54) is 26.2 Å². The summed E-state index contributed by atoms with van der Waals surface area (Å²) in [5.74, 6) is -1.67. The molecule has 1 aromatic carbocycles. The quantitative estimate of drug-likeness (QED) is 0.275. The molecule has 1 aliphatic rings. The largest absolute Gasteiger partial charge is 0.467 e. The molecular formula is C27H42NO7P. The smallest absolute Gasteiger partial charge is 0.411 e. The Morgan fingerprint density at radius 2 is 1.72 bits per heavy atom. The lowest BCUT2D eigenvalue weighted by Crippen LogP contribution is -2.60. The van der Waals surface area contributed by atoms with Gasteiger partial charge in [0.15, 0.2) is 0 Å². The van der Waals surface area contributed by atoms with Crippen LogP contribution in [0.15, 0.2) is 36.4 Å². The fourth-order valence-electron chi connectivity index (χ4n) is 4.90. The van der Waals surface area contributed by atoms with E-state index in [4.69, 9.17) is 18.5 Å². The molecule has 1 heterocycles. The first-order chi connectivity index (χ1) is 16.9. The van der Waals surface area contributed by atoms with E-state index in [-0.39, 0.29) is 11.8 Å². The van der Waals surface area contributed by atoms with Gasteiger partial charge in [-0.3, -0.25) is 9.46 Å². The van der Waals surface area contributed by atoms with Crippen LogP contribution in [0.1, 0.15) is 59.4 Å². The van der Waals surface area contributed by atoms with E-state index in [1.54, 1.807) is 20.8 Å². The molecule has 1 saturated heterocycles. The molecule has 202 valence electrons. The molecule has 0 spiro atoms. The molecule has 2 rings (SSSR count). The Kier molecular flexibility index (Phi) is 10.8. The van der Waals surface area contributed by atoms with Crippen molar-refractivity contribution in [3.63, 3.8) is 0 Å². The first-order valence-corrected chi connectivity index (χ1v) is 14.0. The Balaban J connectivity index is 2.64. The number of allylic oxidation sites excluding steroid dienone is 1. The monoisotopic (exact) mass is 523 g/mol. The topological polar surface area (TPSA) is 91.4 Å². The van der Waals surface area contributed by atoms with Crippen molar-refractivity contribution in [3.8, 4) is 0 Å². The highest BCUT2D eigenvalue weighted by atomic mass is 31.2. The van der Waals surface area contributed by atoms with Gasteiger partial charge in [-0.1, -0.05) is 56.3 Å². The first kappa shape index (κ1) is 30.1. The minimum Gasteiger partial charge on any atom is -0.467 e. The number of amides is 1. The average Bonchev–Trinajstić information content (AvgIpc) is 2.82. The third kappa shape index (κ3) is 7.67. The van der Waals surface area contributed by atoms with E-state index in [9.17, 15) is 14.2 Å². The van der Waals surface area contributed by atoms with E-state index in [0.717, 1.165) is 12.0 Å². The molecule has 0 aliphatic carbocycles. The molecule has 0 radical (unpaired) electrons. The number of likely N-dealkylation sites (tertiary alicyclic amines) is 1. The summed E-state index contributed by atoms with van der Waals surface area (Å²) in [6.45, 7) is 9.43. The number of ether oxygens (including phenoxy) is 2. The number of nitrogens with zero attached hydrogens (tertiary/aromatic N) is 1. The molecule has 0 N–H and O–H groups in total. The molecule has 0 aromatic heterocycles. The van der Waals surface area contributed by atoms with Crippen LogP contribution in [-0.2, 0) is 27.9 Å². The lowest BCUT2D eigenvalue weighted by atomic mass is 9.75. The van der Waals surface area contributed by atoms with Crippen molar-refractivity contribution in [1.29, 1.82) is 0 Å². The zero-order valence-electron chi connectivity index (χ0n) is 22.8. The van der Waals surface area contributed by atoms with Gasteiger partial charge in [0.2, 0.25) is 0 Å². The molecule has 8 nitrogen and oxygen atoms in total. The van der Waals surface area contributed by atoms with Gasteiger partial charge >= 0.3 is 19.7 Å². The van der Waals surface area contributed by atoms with Gasteiger partial charge in [0.05, 0.1) is 7.11 Å². The van der Waals surface area contributed by atoms with E-state index in [0.29, 0.717) is 18.8 Å². The minimum atomic E-state index is -3.89.